The molecule has 20 heavy (non-hydrogen) atoms. The Morgan fingerprint density at radius 2 is 2.20 bits per heavy atom. The SMILES string of the molecule is N[C@@H](Cc1ccccc1)C(=O)NCCC1CCCNC1. The number of hydrogen-bond acceptors (Lipinski definition) is 3. The Bertz CT molecular complexity index is 401. The summed E-state index contributed by atoms with van der Waals surface area (Å²) in [6, 6.07) is 9.45. The first kappa shape index (κ1) is 15.0. The van der Waals surface area contributed by atoms with Crippen molar-refractivity contribution < 1.29 is 4.79 Å². The van der Waals surface area contributed by atoms with Crippen molar-refractivity contribution in [3.05, 3.63) is 35.9 Å². The highest BCUT2D eigenvalue weighted by atomic mass is 16.2. The van der Waals surface area contributed by atoms with Gasteiger partial charge in [0.05, 0.1) is 6.04 Å². The highest BCUT2D eigenvalue weighted by Crippen LogP contribution is 2.12. The molecule has 110 valence electrons. The molecule has 4 N–H and O–H groups in total. The molecule has 2 atom stereocenters. The molecule has 0 aliphatic carbocycles. The molecule has 1 saturated heterocycles. The van der Waals surface area contributed by atoms with Crippen LogP contribution < -0.4 is 16.4 Å². The zero-order valence-corrected chi connectivity index (χ0v) is 12.0. The van der Waals surface area contributed by atoms with Gasteiger partial charge in [0.25, 0.3) is 0 Å². The van der Waals surface area contributed by atoms with Crippen LogP contribution in [0.1, 0.15) is 24.8 Å². The molecule has 1 aromatic rings. The topological polar surface area (TPSA) is 67.2 Å². The fraction of sp³-hybridized carbons (Fsp3) is 0.562. The zero-order chi connectivity index (χ0) is 14.2. The lowest BCUT2D eigenvalue weighted by Crippen LogP contribution is -2.43. The van der Waals surface area contributed by atoms with Crippen LogP contribution in [0.4, 0.5) is 0 Å². The van der Waals surface area contributed by atoms with E-state index in [1.165, 1.54) is 12.8 Å². The Morgan fingerprint density at radius 3 is 2.90 bits per heavy atom. The van der Waals surface area contributed by atoms with Crippen molar-refractivity contribution >= 4 is 5.91 Å². The van der Waals surface area contributed by atoms with Crippen molar-refractivity contribution in [3.8, 4) is 0 Å². The average Bonchev–Trinajstić information content (AvgIpc) is 2.49. The first-order valence-corrected chi connectivity index (χ1v) is 7.53. The summed E-state index contributed by atoms with van der Waals surface area (Å²) >= 11 is 0. The van der Waals surface area contributed by atoms with Gasteiger partial charge in [-0.2, -0.15) is 0 Å². The molecule has 1 aromatic carbocycles. The molecule has 0 radical (unpaired) electrons. The van der Waals surface area contributed by atoms with Crippen LogP contribution in [0.5, 0.6) is 0 Å². The predicted molar refractivity (Wildman–Crippen MR) is 81.3 cm³/mol. The van der Waals surface area contributed by atoms with Gasteiger partial charge in [0.2, 0.25) is 5.91 Å². The van der Waals surface area contributed by atoms with E-state index >= 15 is 0 Å². The molecule has 1 aliphatic rings. The number of hydrogen-bond donors (Lipinski definition) is 3. The molecule has 0 aromatic heterocycles. The largest absolute Gasteiger partial charge is 0.355 e. The minimum absolute atomic E-state index is 0.0439. The van der Waals surface area contributed by atoms with Gasteiger partial charge in [0, 0.05) is 6.54 Å². The van der Waals surface area contributed by atoms with Gasteiger partial charge in [-0.1, -0.05) is 30.3 Å². The van der Waals surface area contributed by atoms with Crippen LogP contribution in [0.3, 0.4) is 0 Å². The fourth-order valence-electron chi connectivity index (χ4n) is 2.66. The van der Waals surface area contributed by atoms with E-state index in [0.29, 0.717) is 12.3 Å². The van der Waals surface area contributed by atoms with Gasteiger partial charge in [0.1, 0.15) is 0 Å². The summed E-state index contributed by atoms with van der Waals surface area (Å²) in [5.74, 6) is 0.645. The number of nitrogens with one attached hydrogen (secondary N) is 2. The highest BCUT2D eigenvalue weighted by Gasteiger charge is 2.16. The van der Waals surface area contributed by atoms with Gasteiger partial charge >= 0.3 is 0 Å². The second-order valence-electron chi connectivity index (χ2n) is 5.59. The third-order valence-electron chi connectivity index (χ3n) is 3.89. The highest BCUT2D eigenvalue weighted by molar-refractivity contribution is 5.81. The molecule has 1 aliphatic heterocycles. The minimum atomic E-state index is -0.457. The third-order valence-corrected chi connectivity index (χ3v) is 3.89. The van der Waals surface area contributed by atoms with E-state index < -0.39 is 6.04 Å². The number of carbonyl (C=O) groups is 1. The van der Waals surface area contributed by atoms with Crippen molar-refractivity contribution in [3.63, 3.8) is 0 Å². The Balaban J connectivity index is 1.66. The van der Waals surface area contributed by atoms with Crippen LogP contribution in [-0.2, 0) is 11.2 Å². The molecule has 1 unspecified atom stereocenters. The van der Waals surface area contributed by atoms with Crippen LogP contribution >= 0.6 is 0 Å². The average molecular weight is 275 g/mol. The Hall–Kier alpha value is -1.39. The van der Waals surface area contributed by atoms with Gasteiger partial charge in [-0.15, -0.1) is 0 Å². The quantitative estimate of drug-likeness (QED) is 0.727. The monoisotopic (exact) mass is 275 g/mol. The number of rotatable bonds is 6. The molecule has 1 amide bonds. The predicted octanol–water partition coefficient (Wildman–Crippen LogP) is 1.06. The van der Waals surface area contributed by atoms with Gasteiger partial charge in [-0.25, -0.2) is 0 Å². The molecular weight excluding hydrogens is 250 g/mol. The zero-order valence-electron chi connectivity index (χ0n) is 12.0. The number of piperidine rings is 1. The van der Waals surface area contributed by atoms with E-state index in [0.717, 1.165) is 31.6 Å². The fourth-order valence-corrected chi connectivity index (χ4v) is 2.66. The van der Waals surface area contributed by atoms with E-state index in [-0.39, 0.29) is 5.91 Å². The van der Waals surface area contributed by atoms with Crippen LogP contribution in [0.15, 0.2) is 30.3 Å². The molecule has 4 nitrogen and oxygen atoms in total. The molecule has 1 heterocycles. The van der Waals surface area contributed by atoms with E-state index in [1.54, 1.807) is 0 Å². The van der Waals surface area contributed by atoms with Crippen LogP contribution in [0.2, 0.25) is 0 Å². The van der Waals surface area contributed by atoms with Crippen LogP contribution in [0, 0.1) is 5.92 Å². The van der Waals surface area contributed by atoms with Gasteiger partial charge < -0.3 is 16.4 Å². The van der Waals surface area contributed by atoms with Gasteiger partial charge in [-0.3, -0.25) is 4.79 Å². The molecule has 0 bridgehead atoms. The maximum absolute atomic E-state index is 11.9. The van der Waals surface area contributed by atoms with E-state index in [9.17, 15) is 4.79 Å². The summed E-state index contributed by atoms with van der Waals surface area (Å²) in [5.41, 5.74) is 7.05. The van der Waals surface area contributed by atoms with Crippen molar-refractivity contribution in [1.82, 2.24) is 10.6 Å². The normalized spacial score (nSPS) is 20.4. The number of amides is 1. The van der Waals surface area contributed by atoms with Crippen LogP contribution in [-0.4, -0.2) is 31.6 Å². The lowest BCUT2D eigenvalue weighted by atomic mass is 9.96. The smallest absolute Gasteiger partial charge is 0.237 e. The Labute approximate surface area is 121 Å². The summed E-state index contributed by atoms with van der Waals surface area (Å²) in [6.07, 6.45) is 4.14. The molecule has 0 saturated carbocycles. The van der Waals surface area contributed by atoms with Crippen molar-refractivity contribution in [2.24, 2.45) is 11.7 Å². The minimum Gasteiger partial charge on any atom is -0.355 e. The molecular formula is C16H25N3O. The van der Waals surface area contributed by atoms with Crippen LogP contribution in [0.25, 0.3) is 0 Å². The first-order valence-electron chi connectivity index (χ1n) is 7.53. The summed E-state index contributed by atoms with van der Waals surface area (Å²) < 4.78 is 0. The molecule has 1 fully saturated rings. The van der Waals surface area contributed by atoms with Crippen molar-refractivity contribution in [1.29, 1.82) is 0 Å². The maximum Gasteiger partial charge on any atom is 0.237 e. The lowest BCUT2D eigenvalue weighted by Gasteiger charge is -2.23. The Kier molecular flexibility index (Phi) is 6.02. The standard InChI is InChI=1S/C16H25N3O/c17-15(11-13-5-2-1-3-6-13)16(20)19-10-8-14-7-4-9-18-12-14/h1-3,5-6,14-15,18H,4,7-12,17H2,(H,19,20)/t14?,15-/m0/s1. The first-order chi connectivity index (χ1) is 9.75. The second kappa shape index (κ2) is 8.02. The number of carbonyl (C=O) groups excluding carboxylic acids is 1. The van der Waals surface area contributed by atoms with Gasteiger partial charge in [-0.05, 0) is 50.3 Å². The van der Waals surface area contributed by atoms with E-state index in [2.05, 4.69) is 10.6 Å². The summed E-state index contributed by atoms with van der Waals surface area (Å²) in [4.78, 5) is 11.9. The van der Waals surface area contributed by atoms with Crippen molar-refractivity contribution in [2.75, 3.05) is 19.6 Å². The maximum atomic E-state index is 11.9. The van der Waals surface area contributed by atoms with E-state index in [1.807, 2.05) is 30.3 Å². The summed E-state index contributed by atoms with van der Waals surface area (Å²) in [5, 5.41) is 6.35. The van der Waals surface area contributed by atoms with Crippen molar-refractivity contribution in [2.45, 2.75) is 31.7 Å². The summed E-state index contributed by atoms with van der Waals surface area (Å²) in [7, 11) is 0. The lowest BCUT2D eigenvalue weighted by molar-refractivity contribution is -0.122. The molecule has 0 spiro atoms. The van der Waals surface area contributed by atoms with E-state index in [4.69, 9.17) is 5.73 Å². The molecule has 2 rings (SSSR count). The van der Waals surface area contributed by atoms with Gasteiger partial charge in [0.15, 0.2) is 0 Å². The number of benzene rings is 1. The number of nitrogens with two attached hydrogens (primary N) is 1. The third kappa shape index (κ3) is 4.94. The molecule has 4 heteroatoms. The Morgan fingerprint density at radius 1 is 1.40 bits per heavy atom. The summed E-state index contributed by atoms with van der Waals surface area (Å²) in [6.45, 7) is 2.93. The second-order valence-corrected chi connectivity index (χ2v) is 5.59.